The van der Waals surface area contributed by atoms with Gasteiger partial charge in [0.05, 0.1) is 0 Å². The van der Waals surface area contributed by atoms with Gasteiger partial charge in [0.15, 0.2) is 0 Å². The monoisotopic (exact) mass is 983 g/mol. The van der Waals surface area contributed by atoms with E-state index in [0.29, 0.717) is 0 Å². The second kappa shape index (κ2) is 14.9. The average molecular weight is 984 g/mol. The van der Waals surface area contributed by atoms with E-state index >= 15 is 0 Å². The minimum Gasteiger partial charge on any atom is -0.493 e. The Bertz CT molecular complexity index is 3100. The standard InChI is InChI=1S/C56H46N5.Pt/c1-55(2,3)39-30-31-57-51(32-39)61-49-29-17-26-45-52(49)53-46(56(45,4)5)34-42(35-50(53)61)58(6)40-22-15-23-41(33-40)59-36-60(48-28-14-13-27-47(48)59)54-43(37-18-9-7-10-19-37)24-16-25-44(54)38-20-11-8-12-21-38;/h7-32,34,36H,1-6H3;/q-3;. The summed E-state index contributed by atoms with van der Waals surface area (Å²) in [6, 6.07) is 64.3. The van der Waals surface area contributed by atoms with E-state index in [1.54, 1.807) is 0 Å². The van der Waals surface area contributed by atoms with Crippen LogP contribution in [0.4, 0.5) is 34.1 Å². The van der Waals surface area contributed by atoms with E-state index in [1.165, 1.54) is 55.2 Å². The Morgan fingerprint density at radius 1 is 0.613 bits per heavy atom. The van der Waals surface area contributed by atoms with Gasteiger partial charge >= 0.3 is 0 Å². The van der Waals surface area contributed by atoms with Gasteiger partial charge in [-0.1, -0.05) is 160 Å². The van der Waals surface area contributed by atoms with Gasteiger partial charge in [0.25, 0.3) is 0 Å². The first-order chi connectivity index (χ1) is 29.6. The van der Waals surface area contributed by atoms with Crippen LogP contribution in [0.5, 0.6) is 0 Å². The molecule has 0 saturated heterocycles. The van der Waals surface area contributed by atoms with E-state index in [9.17, 15) is 0 Å². The van der Waals surface area contributed by atoms with Crippen LogP contribution in [0.25, 0.3) is 49.9 Å². The molecular weight excluding hydrogens is 938 g/mol. The maximum absolute atomic E-state index is 4.97. The molecule has 0 spiro atoms. The number of hydrogen-bond acceptors (Lipinski definition) is 4. The molecule has 0 atom stereocenters. The van der Waals surface area contributed by atoms with Crippen molar-refractivity contribution < 1.29 is 21.1 Å². The Labute approximate surface area is 379 Å². The molecule has 0 radical (unpaired) electrons. The smallest absolute Gasteiger partial charge is 0.135 e. The van der Waals surface area contributed by atoms with Gasteiger partial charge < -0.3 is 19.3 Å². The Balaban J connectivity index is 0.00000458. The number of anilines is 6. The number of benzene rings is 7. The van der Waals surface area contributed by atoms with Crippen molar-refractivity contribution in [1.82, 2.24) is 9.55 Å². The van der Waals surface area contributed by atoms with Crippen LogP contribution < -0.4 is 14.7 Å². The molecule has 2 aromatic heterocycles. The molecule has 2 aliphatic rings. The van der Waals surface area contributed by atoms with E-state index < -0.39 is 0 Å². The summed E-state index contributed by atoms with van der Waals surface area (Å²) in [6.07, 6.45) is 1.95. The van der Waals surface area contributed by atoms with Gasteiger partial charge in [0, 0.05) is 68.0 Å². The van der Waals surface area contributed by atoms with Crippen molar-refractivity contribution in [2.24, 2.45) is 0 Å². The Morgan fingerprint density at radius 3 is 1.92 bits per heavy atom. The predicted molar refractivity (Wildman–Crippen MR) is 254 cm³/mol. The largest absolute Gasteiger partial charge is 0.493 e. The maximum atomic E-state index is 4.97. The Hall–Kier alpha value is -6.42. The SMILES string of the molecule is CN(c1[c-]c(N2[CH-]N(c3c(-c4ccccc4)cccc3-c3ccccc3)c3ccccc32)ccc1)c1[c-]c2c3c(c1)C(C)(C)c1cccc(c13)n2-c1cc(C(C)(C)C)ccn1.[Pt]. The van der Waals surface area contributed by atoms with Crippen LogP contribution in [0.1, 0.15) is 51.3 Å². The van der Waals surface area contributed by atoms with E-state index in [2.05, 4.69) is 237 Å². The van der Waals surface area contributed by atoms with Gasteiger partial charge in [-0.3, -0.25) is 0 Å². The second-order valence-corrected chi connectivity index (χ2v) is 17.9. The van der Waals surface area contributed by atoms with Gasteiger partial charge in [0.1, 0.15) is 5.82 Å². The van der Waals surface area contributed by atoms with Crippen LogP contribution in [-0.4, -0.2) is 16.6 Å². The van der Waals surface area contributed by atoms with Gasteiger partial charge in [-0.2, -0.15) is 6.07 Å². The fraction of sp³-hybridized carbons (Fsp3) is 0.143. The summed E-state index contributed by atoms with van der Waals surface area (Å²) in [4.78, 5) is 11.8. The van der Waals surface area contributed by atoms with Gasteiger partial charge in [-0.05, 0) is 68.8 Å². The van der Waals surface area contributed by atoms with Crippen LogP contribution in [-0.2, 0) is 31.9 Å². The predicted octanol–water partition coefficient (Wildman–Crippen LogP) is 14.2. The summed E-state index contributed by atoms with van der Waals surface area (Å²) in [7, 11) is 2.13. The summed E-state index contributed by atoms with van der Waals surface area (Å²) in [6.45, 7) is 13.7. The zero-order valence-electron chi connectivity index (χ0n) is 35.7. The minimum atomic E-state index is -0.176. The third kappa shape index (κ3) is 6.20. The third-order valence-electron chi connectivity index (χ3n) is 12.8. The Morgan fingerprint density at radius 2 is 1.24 bits per heavy atom. The topological polar surface area (TPSA) is 27.5 Å². The molecule has 0 amide bonds. The second-order valence-electron chi connectivity index (χ2n) is 17.9. The third-order valence-corrected chi connectivity index (χ3v) is 12.8. The van der Waals surface area contributed by atoms with Crippen molar-refractivity contribution in [1.29, 1.82) is 0 Å². The molecule has 308 valence electrons. The molecule has 0 saturated carbocycles. The summed E-state index contributed by atoms with van der Waals surface area (Å²) in [5.74, 6) is 0.914. The quantitative estimate of drug-likeness (QED) is 0.149. The van der Waals surface area contributed by atoms with Gasteiger partial charge in [-0.25, -0.2) is 4.98 Å². The summed E-state index contributed by atoms with van der Waals surface area (Å²) in [5.41, 5.74) is 16.8. The van der Waals surface area contributed by atoms with Crippen molar-refractivity contribution in [3.05, 3.63) is 199 Å². The van der Waals surface area contributed by atoms with Crippen molar-refractivity contribution in [2.75, 3.05) is 21.7 Å². The van der Waals surface area contributed by atoms with Crippen LogP contribution in [0.15, 0.2) is 164 Å². The zero-order valence-corrected chi connectivity index (χ0v) is 38.0. The van der Waals surface area contributed by atoms with Crippen molar-refractivity contribution in [3.63, 3.8) is 0 Å². The number of para-hydroxylation sites is 3. The number of pyridine rings is 1. The first-order valence-electron chi connectivity index (χ1n) is 21.1. The molecule has 0 unspecified atom stereocenters. The van der Waals surface area contributed by atoms with E-state index in [1.807, 2.05) is 6.20 Å². The molecule has 9 aromatic rings. The molecule has 0 N–H and O–H groups in total. The molecule has 0 bridgehead atoms. The molecular formula is C56H46N5Pt-3. The molecule has 1 aliphatic carbocycles. The van der Waals surface area contributed by atoms with E-state index in [4.69, 9.17) is 4.98 Å². The molecule has 62 heavy (non-hydrogen) atoms. The maximum Gasteiger partial charge on any atom is 0.135 e. The summed E-state index contributed by atoms with van der Waals surface area (Å²) in [5, 5.41) is 2.57. The van der Waals surface area contributed by atoms with Crippen LogP contribution in [0.2, 0.25) is 0 Å². The first-order valence-corrected chi connectivity index (χ1v) is 21.1. The molecule has 1 aliphatic heterocycles. The number of aromatic nitrogens is 2. The Kier molecular flexibility index (Phi) is 9.53. The van der Waals surface area contributed by atoms with Crippen LogP contribution >= 0.6 is 0 Å². The molecule has 6 heteroatoms. The molecule has 5 nitrogen and oxygen atoms in total. The normalized spacial score (nSPS) is 13.8. The number of fused-ring (bicyclic) bond motifs is 1. The van der Waals surface area contributed by atoms with E-state index in [-0.39, 0.29) is 31.9 Å². The number of nitrogens with zero attached hydrogens (tertiary/aromatic N) is 5. The molecule has 0 fully saturated rings. The fourth-order valence-corrected chi connectivity index (χ4v) is 9.57. The minimum absolute atomic E-state index is 0. The fourth-order valence-electron chi connectivity index (χ4n) is 9.57. The van der Waals surface area contributed by atoms with Crippen molar-refractivity contribution in [3.8, 4) is 28.1 Å². The number of hydrogen-bond donors (Lipinski definition) is 0. The molecule has 7 aromatic carbocycles. The van der Waals surface area contributed by atoms with Crippen LogP contribution in [0.3, 0.4) is 0 Å². The average Bonchev–Trinajstić information content (AvgIpc) is 3.92. The molecule has 11 rings (SSSR count). The van der Waals surface area contributed by atoms with Crippen molar-refractivity contribution >= 4 is 55.9 Å². The summed E-state index contributed by atoms with van der Waals surface area (Å²) >= 11 is 0. The van der Waals surface area contributed by atoms with E-state index in [0.717, 1.165) is 45.5 Å². The molecule has 3 heterocycles. The van der Waals surface area contributed by atoms with Gasteiger partial charge in [-0.15, -0.1) is 48.3 Å². The van der Waals surface area contributed by atoms with Crippen LogP contribution in [0, 0.1) is 18.8 Å². The van der Waals surface area contributed by atoms with Gasteiger partial charge in [0.2, 0.25) is 0 Å². The summed E-state index contributed by atoms with van der Waals surface area (Å²) < 4.78 is 2.32. The van der Waals surface area contributed by atoms with Crippen molar-refractivity contribution in [2.45, 2.75) is 45.4 Å². The first kappa shape index (κ1) is 39.7. The zero-order chi connectivity index (χ0) is 41.6. The number of rotatable bonds is 7.